The van der Waals surface area contributed by atoms with Crippen LogP contribution in [0.3, 0.4) is 0 Å². The second-order valence-corrected chi connectivity index (χ2v) is 18.4. The Morgan fingerprint density at radius 1 is 1.07 bits per heavy atom. The second-order valence-electron chi connectivity index (χ2n) is 16.1. The molecule has 3 heterocycles. The molecule has 16 heteroatoms. The first-order chi connectivity index (χ1) is 27.0. The van der Waals surface area contributed by atoms with E-state index in [4.69, 9.17) is 21.1 Å². The van der Waals surface area contributed by atoms with E-state index >= 15 is 0 Å². The van der Waals surface area contributed by atoms with Crippen LogP contribution in [0.15, 0.2) is 48.6 Å². The Morgan fingerprint density at radius 3 is 2.56 bits per heavy atom. The van der Waals surface area contributed by atoms with Crippen molar-refractivity contribution in [2.45, 2.75) is 82.0 Å². The lowest BCUT2D eigenvalue weighted by Gasteiger charge is -2.44. The van der Waals surface area contributed by atoms with Crippen LogP contribution >= 0.6 is 11.6 Å². The highest BCUT2D eigenvalue weighted by Crippen LogP contribution is 2.43. The monoisotopic (exact) mass is 835 g/mol. The summed E-state index contributed by atoms with van der Waals surface area (Å²) in [5, 5.41) is 12.9. The van der Waals surface area contributed by atoms with Gasteiger partial charge in [-0.15, -0.1) is 0 Å². The first kappa shape index (κ1) is 43.2. The van der Waals surface area contributed by atoms with Crippen LogP contribution in [0.4, 0.5) is 14.5 Å². The standard InChI is InChI=1S/C41H56ClF2N5O7S/c1-46(2)57(53,54)45-39(51)41(52)26-38(50)47(3)18-6-5-9-36(55-23-22-48-20-16-40(43,44)17-21-48)34-14-11-30(34)27-49-19-7-4-8-29-24-33(42)13-10-31(29)28-56-37-15-12-32(41)25-35(37)49/h5,9-10,12-13,15,24-25,30,34,36,52H,4,6-8,11,14,16-23,26-28H2,1-3H3,(H,45,51)/b9-5+/t30-,34+,36-,41?/m0/s1. The number of amides is 2. The van der Waals surface area contributed by atoms with Gasteiger partial charge < -0.3 is 29.3 Å². The number of aliphatic hydroxyl groups is 1. The van der Waals surface area contributed by atoms with Crippen molar-refractivity contribution in [2.24, 2.45) is 11.8 Å². The Hall–Kier alpha value is -3.34. The van der Waals surface area contributed by atoms with Crippen LogP contribution in [0.2, 0.25) is 5.02 Å². The van der Waals surface area contributed by atoms with Gasteiger partial charge in [-0.05, 0) is 91.3 Å². The Bertz CT molecular complexity index is 1890. The van der Waals surface area contributed by atoms with Crippen LogP contribution < -0.4 is 14.4 Å². The van der Waals surface area contributed by atoms with Crippen molar-refractivity contribution in [1.29, 1.82) is 0 Å². The fourth-order valence-corrected chi connectivity index (χ4v) is 8.84. The maximum absolute atomic E-state index is 13.9. The van der Waals surface area contributed by atoms with Gasteiger partial charge in [0.05, 0.1) is 24.8 Å². The van der Waals surface area contributed by atoms with Gasteiger partial charge in [0.15, 0.2) is 5.60 Å². The number of carbonyl (C=O) groups is 2. The Labute approximate surface area is 340 Å². The predicted octanol–water partition coefficient (Wildman–Crippen LogP) is 5.12. The van der Waals surface area contributed by atoms with E-state index in [1.165, 1.54) is 25.1 Å². The third-order valence-corrected chi connectivity index (χ3v) is 13.6. The molecular formula is C41H56ClF2N5O7S. The van der Waals surface area contributed by atoms with Crippen molar-refractivity contribution in [1.82, 2.24) is 18.8 Å². The highest BCUT2D eigenvalue weighted by molar-refractivity contribution is 7.87. The Balaban J connectivity index is 1.35. The number of nitrogens with one attached hydrogen (secondary N) is 1. The molecule has 1 aliphatic carbocycles. The van der Waals surface area contributed by atoms with E-state index in [0.717, 1.165) is 47.5 Å². The van der Waals surface area contributed by atoms with Crippen molar-refractivity contribution in [3.8, 4) is 5.75 Å². The zero-order chi connectivity index (χ0) is 41.0. The second kappa shape index (κ2) is 18.3. The minimum Gasteiger partial charge on any atom is -0.487 e. The molecule has 0 spiro atoms. The van der Waals surface area contributed by atoms with Gasteiger partial charge in [0, 0.05) is 78.3 Å². The van der Waals surface area contributed by atoms with E-state index in [9.17, 15) is 31.9 Å². The van der Waals surface area contributed by atoms with Gasteiger partial charge in [-0.1, -0.05) is 35.9 Å². The molecule has 0 aromatic heterocycles. The van der Waals surface area contributed by atoms with Crippen LogP contribution in [-0.4, -0.2) is 118 Å². The molecule has 2 fully saturated rings. The van der Waals surface area contributed by atoms with Gasteiger partial charge in [-0.25, -0.2) is 13.5 Å². The molecule has 2 N–H and O–H groups in total. The van der Waals surface area contributed by atoms with Gasteiger partial charge in [-0.3, -0.25) is 9.59 Å². The van der Waals surface area contributed by atoms with E-state index in [0.29, 0.717) is 62.2 Å². The van der Waals surface area contributed by atoms with Gasteiger partial charge >= 0.3 is 10.2 Å². The molecule has 2 amide bonds. The number of hydrogen-bond acceptors (Lipinski definition) is 9. The maximum Gasteiger partial charge on any atom is 0.303 e. The normalized spacial score (nSPS) is 26.9. The molecule has 0 radical (unpaired) electrons. The number of ether oxygens (including phenoxy) is 2. The van der Waals surface area contributed by atoms with Crippen LogP contribution in [0.1, 0.15) is 68.1 Å². The number of likely N-dealkylation sites (tertiary alicyclic amines) is 1. The number of piperidine rings is 1. The lowest BCUT2D eigenvalue weighted by Crippen LogP contribution is -2.51. The number of alkyl halides is 2. The summed E-state index contributed by atoms with van der Waals surface area (Å²) in [6.45, 7) is 3.37. The molecule has 2 bridgehead atoms. The summed E-state index contributed by atoms with van der Waals surface area (Å²) >= 11 is 6.39. The summed E-state index contributed by atoms with van der Waals surface area (Å²) in [7, 11) is -0.238. The molecule has 2 aromatic rings. The first-order valence-electron chi connectivity index (χ1n) is 19.9. The third kappa shape index (κ3) is 10.6. The topological polar surface area (TPSA) is 132 Å². The quantitative estimate of drug-likeness (QED) is 0.365. The molecule has 314 valence electrons. The van der Waals surface area contributed by atoms with E-state index in [-0.39, 0.29) is 49.5 Å². The van der Waals surface area contributed by atoms with E-state index in [2.05, 4.69) is 4.90 Å². The molecule has 12 nitrogen and oxygen atoms in total. The van der Waals surface area contributed by atoms with Gasteiger partial charge in [0.25, 0.3) is 11.8 Å². The molecular weight excluding hydrogens is 780 g/mol. The molecule has 4 atom stereocenters. The minimum absolute atomic E-state index is 0.0546. The molecule has 57 heavy (non-hydrogen) atoms. The van der Waals surface area contributed by atoms with Crippen molar-refractivity contribution < 1.29 is 41.4 Å². The van der Waals surface area contributed by atoms with E-state index in [1.54, 1.807) is 19.2 Å². The van der Waals surface area contributed by atoms with Crippen molar-refractivity contribution in [3.63, 3.8) is 0 Å². The van der Waals surface area contributed by atoms with E-state index < -0.39 is 40.0 Å². The summed E-state index contributed by atoms with van der Waals surface area (Å²) in [6, 6.07) is 10.6. The smallest absolute Gasteiger partial charge is 0.303 e. The lowest BCUT2D eigenvalue weighted by molar-refractivity contribution is -0.148. The number of carbonyl (C=O) groups excluding carboxylic acids is 2. The number of hydrogen-bond donors (Lipinski definition) is 2. The van der Waals surface area contributed by atoms with Crippen LogP contribution in [0.25, 0.3) is 0 Å². The molecule has 1 saturated carbocycles. The molecule has 3 aliphatic heterocycles. The summed E-state index contributed by atoms with van der Waals surface area (Å²) in [5.41, 5.74) is 0.193. The van der Waals surface area contributed by atoms with Gasteiger partial charge in [0.2, 0.25) is 5.91 Å². The largest absolute Gasteiger partial charge is 0.487 e. The molecule has 2 aromatic carbocycles. The van der Waals surface area contributed by atoms with Crippen LogP contribution in [-0.2, 0) is 43.2 Å². The van der Waals surface area contributed by atoms with Crippen molar-refractivity contribution in [2.75, 3.05) is 71.9 Å². The summed E-state index contributed by atoms with van der Waals surface area (Å²) < 4.78 is 69.2. The number of nitrogens with zero attached hydrogens (tertiary/aromatic N) is 4. The summed E-state index contributed by atoms with van der Waals surface area (Å²) in [5.74, 6) is -3.54. The molecule has 4 aliphatic rings. The highest BCUT2D eigenvalue weighted by Gasteiger charge is 2.44. The molecule has 1 unspecified atom stereocenters. The number of halogens is 3. The Morgan fingerprint density at radius 2 is 1.84 bits per heavy atom. The highest BCUT2D eigenvalue weighted by atomic mass is 35.5. The number of fused-ring (bicyclic) bond motifs is 3. The predicted molar refractivity (Wildman–Crippen MR) is 215 cm³/mol. The van der Waals surface area contributed by atoms with Crippen molar-refractivity contribution in [3.05, 3.63) is 70.3 Å². The van der Waals surface area contributed by atoms with Gasteiger partial charge in [0.1, 0.15) is 12.4 Å². The maximum atomic E-state index is 13.9. The lowest BCUT2D eigenvalue weighted by atomic mass is 9.70. The SMILES string of the molecule is CN1CC/C=C/[C@H](OCCN2CCC(F)(F)CC2)[C@@H]2CC[C@H]2CN2CCCCc3cc(Cl)ccc3COc3ccc(cc32)C(O)(C(=O)NS(=O)(=O)N(C)C)CC1=O. The summed E-state index contributed by atoms with van der Waals surface area (Å²) in [6.07, 6.45) is 7.61. The first-order valence-corrected chi connectivity index (χ1v) is 21.8. The van der Waals surface area contributed by atoms with Crippen LogP contribution in [0.5, 0.6) is 5.75 Å². The fraction of sp³-hybridized carbons (Fsp3) is 0.610. The number of rotatable bonds is 7. The number of anilines is 1. The minimum atomic E-state index is -4.32. The third-order valence-electron chi connectivity index (χ3n) is 12.0. The number of benzene rings is 2. The van der Waals surface area contributed by atoms with Crippen molar-refractivity contribution >= 4 is 39.3 Å². The average molecular weight is 836 g/mol. The van der Waals surface area contributed by atoms with E-state index in [1.807, 2.05) is 40.0 Å². The summed E-state index contributed by atoms with van der Waals surface area (Å²) in [4.78, 5) is 33.3. The van der Waals surface area contributed by atoms with Crippen LogP contribution in [0, 0.1) is 11.8 Å². The zero-order valence-corrected chi connectivity index (χ0v) is 34.7. The molecule has 1 saturated heterocycles. The number of aryl methyl sites for hydroxylation is 1. The average Bonchev–Trinajstić information content (AvgIpc) is 3.17. The Kier molecular flexibility index (Phi) is 13.9. The molecule has 6 rings (SSSR count). The fourth-order valence-electron chi connectivity index (χ4n) is 8.06. The zero-order valence-electron chi connectivity index (χ0n) is 33.1. The van der Waals surface area contributed by atoms with Gasteiger partial charge in [-0.2, -0.15) is 12.7 Å².